The Morgan fingerprint density at radius 2 is 0.805 bits per heavy atom. The quantitative estimate of drug-likeness (QED) is 0.147. The summed E-state index contributed by atoms with van der Waals surface area (Å²) in [7, 11) is 0. The zero-order chi connectivity index (χ0) is 30.1. The van der Waals surface area contributed by atoms with Crippen molar-refractivity contribution >= 4 is 0 Å². The van der Waals surface area contributed by atoms with E-state index in [1.54, 1.807) is 6.92 Å². The molecule has 6 heteroatoms. The Kier molecular flexibility index (Phi) is 8.26. The monoisotopic (exact) mass is 566 g/mol. The van der Waals surface area contributed by atoms with E-state index in [9.17, 15) is 26.3 Å². The summed E-state index contributed by atoms with van der Waals surface area (Å²) >= 11 is 0. The van der Waals surface area contributed by atoms with E-state index < -0.39 is 28.9 Å². The lowest BCUT2D eigenvalue weighted by molar-refractivity contribution is -0.288. The van der Waals surface area contributed by atoms with Gasteiger partial charge >= 0.3 is 12.4 Å². The molecule has 0 nitrogen and oxygen atoms in total. The molecule has 0 heterocycles. The molecular weight excluding hydrogens is 534 g/mol. The zero-order valence-corrected chi connectivity index (χ0v) is 23.2. The first-order chi connectivity index (χ1) is 19.2. The average Bonchev–Trinajstić information content (AvgIpc) is 2.92. The van der Waals surface area contributed by atoms with Crippen molar-refractivity contribution in [2.75, 3.05) is 0 Å². The Hall–Kier alpha value is -3.80. The lowest BCUT2D eigenvalue weighted by Gasteiger charge is -2.38. The minimum atomic E-state index is -5.59. The van der Waals surface area contributed by atoms with Crippen LogP contribution in [0.3, 0.4) is 0 Å². The Morgan fingerprint density at radius 1 is 0.512 bits per heavy atom. The highest BCUT2D eigenvalue weighted by Crippen LogP contribution is 2.56. The van der Waals surface area contributed by atoms with Crippen molar-refractivity contribution < 1.29 is 26.3 Å². The van der Waals surface area contributed by atoms with Gasteiger partial charge in [0.05, 0.1) is 0 Å². The maximum atomic E-state index is 14.4. The summed E-state index contributed by atoms with van der Waals surface area (Å²) in [6, 6.07) is 25.3. The molecule has 0 aromatic heterocycles. The molecule has 0 saturated heterocycles. The fourth-order valence-corrected chi connectivity index (χ4v) is 5.32. The smallest absolute Gasteiger partial charge is 0.169 e. The summed E-state index contributed by atoms with van der Waals surface area (Å²) in [5.74, 6) is 0. The Morgan fingerprint density at radius 3 is 1.12 bits per heavy atom. The minimum Gasteiger partial charge on any atom is -0.169 e. The summed E-state index contributed by atoms with van der Waals surface area (Å²) in [6.45, 7) is 9.78. The van der Waals surface area contributed by atoms with Gasteiger partial charge in [0.1, 0.15) is 0 Å². The highest BCUT2D eigenvalue weighted by molar-refractivity contribution is 5.46. The van der Waals surface area contributed by atoms with Crippen LogP contribution >= 0.6 is 0 Å². The van der Waals surface area contributed by atoms with E-state index in [2.05, 4.69) is 37.8 Å². The molecule has 4 aromatic rings. The van der Waals surface area contributed by atoms with E-state index in [1.807, 2.05) is 37.3 Å². The lowest BCUT2D eigenvalue weighted by Crippen LogP contribution is -2.54. The van der Waals surface area contributed by atoms with Crippen molar-refractivity contribution in [1.82, 2.24) is 0 Å². The summed E-state index contributed by atoms with van der Waals surface area (Å²) in [4.78, 5) is 0. The van der Waals surface area contributed by atoms with Gasteiger partial charge in [0.25, 0.3) is 0 Å². The van der Waals surface area contributed by atoms with Gasteiger partial charge in [-0.1, -0.05) is 114 Å². The highest BCUT2D eigenvalue weighted by Gasteiger charge is 2.72. The molecule has 1 unspecified atom stereocenters. The molecule has 0 amide bonds. The number of halogens is 6. The van der Waals surface area contributed by atoms with Gasteiger partial charge in [-0.15, -0.1) is 6.58 Å². The fourth-order valence-electron chi connectivity index (χ4n) is 5.32. The van der Waals surface area contributed by atoms with Crippen LogP contribution in [0.1, 0.15) is 51.4 Å². The summed E-state index contributed by atoms with van der Waals surface area (Å²) in [5, 5.41) is 0. The van der Waals surface area contributed by atoms with Gasteiger partial charge in [-0.05, 0) is 67.0 Å². The largest absolute Gasteiger partial charge is 0.411 e. The number of allylic oxidation sites excluding steroid dienone is 1. The van der Waals surface area contributed by atoms with Crippen molar-refractivity contribution in [2.45, 2.75) is 56.8 Å². The first-order valence-corrected chi connectivity index (χ1v) is 13.3. The van der Waals surface area contributed by atoms with E-state index in [0.717, 1.165) is 41.0 Å². The van der Waals surface area contributed by atoms with Gasteiger partial charge in [-0.2, -0.15) is 26.3 Å². The van der Waals surface area contributed by atoms with Gasteiger partial charge in [-0.25, -0.2) is 0 Å². The van der Waals surface area contributed by atoms with Crippen molar-refractivity contribution in [3.63, 3.8) is 0 Å². The number of hydrogen-bond donors (Lipinski definition) is 0. The fraction of sp³-hybridized carbons (Fsp3) is 0.257. The van der Waals surface area contributed by atoms with Crippen molar-refractivity contribution in [1.29, 1.82) is 0 Å². The third-order valence-electron chi connectivity index (χ3n) is 8.04. The van der Waals surface area contributed by atoms with E-state index in [4.69, 9.17) is 0 Å². The van der Waals surface area contributed by atoms with Crippen LogP contribution in [0.5, 0.6) is 0 Å². The first-order valence-electron chi connectivity index (χ1n) is 13.3. The van der Waals surface area contributed by atoms with Crippen LogP contribution in [0.4, 0.5) is 26.3 Å². The van der Waals surface area contributed by atoms with Crippen LogP contribution < -0.4 is 0 Å². The topological polar surface area (TPSA) is 0 Å². The maximum absolute atomic E-state index is 14.4. The van der Waals surface area contributed by atoms with Crippen LogP contribution in [0, 0.1) is 13.8 Å². The van der Waals surface area contributed by atoms with Gasteiger partial charge in [0, 0.05) is 5.41 Å². The van der Waals surface area contributed by atoms with E-state index in [1.165, 1.54) is 29.8 Å². The molecule has 4 rings (SSSR count). The van der Waals surface area contributed by atoms with Gasteiger partial charge < -0.3 is 0 Å². The second kappa shape index (κ2) is 11.2. The summed E-state index contributed by atoms with van der Waals surface area (Å²) < 4.78 is 86.1. The molecule has 0 aliphatic heterocycles. The van der Waals surface area contributed by atoms with Crippen LogP contribution in [0.2, 0.25) is 0 Å². The van der Waals surface area contributed by atoms with Crippen molar-refractivity contribution in [3.05, 3.63) is 154 Å². The molecule has 214 valence electrons. The molecule has 4 aromatic carbocycles. The van der Waals surface area contributed by atoms with Gasteiger partial charge in [-0.3, -0.25) is 0 Å². The zero-order valence-electron chi connectivity index (χ0n) is 23.2. The normalized spacial score (nSPS) is 14.0. The molecule has 1 atom stereocenters. The second-order valence-electron chi connectivity index (χ2n) is 10.8. The standard InChI is InChI=1S/C35H32F6/c1-5-32(4,28-16-6-24(2)7-17-28)29-20-12-26(13-21-29)10-11-27-14-22-31(23-15-27)33(34(36,37)38,35(39,40)41)30-18-8-25(3)9-19-30/h5-9,12-23H,1,10-11H2,2-4H3. The molecule has 0 fully saturated rings. The number of benzene rings is 4. The molecule has 0 aliphatic rings. The van der Waals surface area contributed by atoms with Gasteiger partial charge in [0.2, 0.25) is 5.41 Å². The molecule has 0 radical (unpaired) electrons. The van der Waals surface area contributed by atoms with E-state index >= 15 is 0 Å². The molecular formula is C35H32F6. The number of hydrogen-bond acceptors (Lipinski definition) is 0. The third kappa shape index (κ3) is 5.70. The molecule has 0 spiro atoms. The SMILES string of the molecule is C=CC(C)(c1ccc(C)cc1)c1ccc(CCc2ccc(C(c3ccc(C)cc3)(C(F)(F)F)C(F)(F)F)cc2)cc1. The van der Waals surface area contributed by atoms with Gasteiger partial charge in [0.15, 0.2) is 0 Å². The predicted molar refractivity (Wildman–Crippen MR) is 152 cm³/mol. The third-order valence-corrected chi connectivity index (χ3v) is 8.04. The Bertz CT molecular complexity index is 1450. The Labute approximate surface area is 237 Å². The molecule has 0 aliphatic carbocycles. The maximum Gasteiger partial charge on any atom is 0.411 e. The van der Waals surface area contributed by atoms with Crippen molar-refractivity contribution in [2.24, 2.45) is 0 Å². The van der Waals surface area contributed by atoms with Crippen LogP contribution in [-0.4, -0.2) is 12.4 Å². The van der Waals surface area contributed by atoms with Crippen LogP contribution in [0.25, 0.3) is 0 Å². The summed E-state index contributed by atoms with van der Waals surface area (Å²) in [6.07, 6.45) is -8.24. The van der Waals surface area contributed by atoms with Crippen molar-refractivity contribution in [3.8, 4) is 0 Å². The number of rotatable bonds is 8. The first kappa shape index (κ1) is 30.2. The molecule has 0 bridgehead atoms. The van der Waals surface area contributed by atoms with E-state index in [0.29, 0.717) is 24.0 Å². The van der Waals surface area contributed by atoms with Crippen LogP contribution in [-0.2, 0) is 23.7 Å². The number of aryl methyl sites for hydroxylation is 4. The predicted octanol–water partition coefficient (Wildman–Crippen LogP) is 9.99. The molecule has 41 heavy (non-hydrogen) atoms. The average molecular weight is 567 g/mol. The molecule has 0 N–H and O–H groups in total. The second-order valence-corrected chi connectivity index (χ2v) is 10.8. The van der Waals surface area contributed by atoms with E-state index in [-0.39, 0.29) is 5.41 Å². The summed E-state index contributed by atoms with van der Waals surface area (Å²) in [5.41, 5.74) is -0.645. The van der Waals surface area contributed by atoms with Crippen LogP contribution in [0.15, 0.2) is 110 Å². The molecule has 0 saturated carbocycles. The highest BCUT2D eigenvalue weighted by atomic mass is 19.4. The minimum absolute atomic E-state index is 0.386. The number of alkyl halides is 6. The Balaban J connectivity index is 1.57. The lowest BCUT2D eigenvalue weighted by atomic mass is 9.72.